The second-order valence-corrected chi connectivity index (χ2v) is 7.45. The summed E-state index contributed by atoms with van der Waals surface area (Å²) in [5, 5.41) is 0.824. The van der Waals surface area contributed by atoms with Gasteiger partial charge in [-0.25, -0.2) is 4.79 Å². The fraction of sp³-hybridized carbons (Fsp3) is 0.409. The summed E-state index contributed by atoms with van der Waals surface area (Å²) in [6, 6.07) is 3.74. The largest absolute Gasteiger partial charge is 0.482 e. The molecule has 2 heterocycles. The summed E-state index contributed by atoms with van der Waals surface area (Å²) in [5.41, 5.74) is 2.31. The van der Waals surface area contributed by atoms with Crippen LogP contribution in [-0.2, 0) is 6.42 Å². The van der Waals surface area contributed by atoms with Gasteiger partial charge in [-0.2, -0.15) is 0 Å². The van der Waals surface area contributed by atoms with Crippen LogP contribution < -0.4 is 15.1 Å². The Morgan fingerprint density at radius 1 is 1.35 bits per heavy atom. The quantitative estimate of drug-likeness (QED) is 0.542. The number of benzene rings is 1. The van der Waals surface area contributed by atoms with Gasteiger partial charge in [0.1, 0.15) is 23.0 Å². The first-order chi connectivity index (χ1) is 12.2. The molecule has 4 heteroatoms. The van der Waals surface area contributed by atoms with Crippen molar-refractivity contribution in [2.24, 2.45) is 0 Å². The highest BCUT2D eigenvalue weighted by atomic mass is 16.5. The Morgan fingerprint density at radius 2 is 2.08 bits per heavy atom. The summed E-state index contributed by atoms with van der Waals surface area (Å²) in [4.78, 5) is 12.6. The van der Waals surface area contributed by atoms with Gasteiger partial charge >= 0.3 is 5.63 Å². The molecule has 0 amide bonds. The van der Waals surface area contributed by atoms with E-state index in [0.29, 0.717) is 12.0 Å². The molecule has 1 aromatic heterocycles. The highest BCUT2D eigenvalue weighted by molar-refractivity contribution is 5.92. The van der Waals surface area contributed by atoms with Gasteiger partial charge in [0.15, 0.2) is 0 Å². The zero-order chi connectivity index (χ0) is 19.1. The number of ether oxygens (including phenoxy) is 2. The molecule has 0 unspecified atom stereocenters. The van der Waals surface area contributed by atoms with Gasteiger partial charge in [0.05, 0.1) is 5.39 Å². The van der Waals surface area contributed by atoms with Crippen LogP contribution in [0.3, 0.4) is 0 Å². The molecule has 1 aromatic carbocycles. The third-order valence-electron chi connectivity index (χ3n) is 4.63. The van der Waals surface area contributed by atoms with Crippen molar-refractivity contribution < 1.29 is 13.9 Å². The van der Waals surface area contributed by atoms with Crippen molar-refractivity contribution in [2.45, 2.75) is 59.2 Å². The molecular weight excluding hydrogens is 328 g/mol. The van der Waals surface area contributed by atoms with Gasteiger partial charge < -0.3 is 13.9 Å². The molecule has 0 radical (unpaired) electrons. The maximum absolute atomic E-state index is 12.6. The smallest absolute Gasteiger partial charge is 0.379 e. The number of hydrogen-bond acceptors (Lipinski definition) is 4. The van der Waals surface area contributed by atoms with E-state index < -0.39 is 11.2 Å². The lowest BCUT2D eigenvalue weighted by Crippen LogP contribution is -2.28. The Kier molecular flexibility index (Phi) is 4.70. The molecule has 138 valence electrons. The maximum atomic E-state index is 12.6. The van der Waals surface area contributed by atoms with Gasteiger partial charge in [0, 0.05) is 11.1 Å². The van der Waals surface area contributed by atoms with Gasteiger partial charge in [-0.1, -0.05) is 26.0 Å². The van der Waals surface area contributed by atoms with E-state index in [2.05, 4.69) is 19.6 Å². The molecule has 3 rings (SSSR count). The van der Waals surface area contributed by atoms with E-state index in [-0.39, 0.29) is 11.9 Å². The fourth-order valence-corrected chi connectivity index (χ4v) is 3.05. The Balaban J connectivity index is 2.31. The maximum Gasteiger partial charge on any atom is 0.379 e. The van der Waals surface area contributed by atoms with E-state index in [1.165, 1.54) is 0 Å². The van der Waals surface area contributed by atoms with Crippen molar-refractivity contribution in [3.8, 4) is 11.5 Å². The Labute approximate surface area is 154 Å². The molecule has 0 aliphatic carbocycles. The van der Waals surface area contributed by atoms with Gasteiger partial charge in [0.25, 0.3) is 0 Å². The van der Waals surface area contributed by atoms with E-state index in [0.717, 1.165) is 34.3 Å². The van der Waals surface area contributed by atoms with Crippen molar-refractivity contribution in [1.29, 1.82) is 0 Å². The monoisotopic (exact) mass is 354 g/mol. The van der Waals surface area contributed by atoms with Crippen LogP contribution in [-0.4, -0.2) is 11.7 Å². The van der Waals surface area contributed by atoms with Gasteiger partial charge in [-0.3, -0.25) is 0 Å². The molecule has 26 heavy (non-hydrogen) atoms. The zero-order valence-corrected chi connectivity index (χ0v) is 16.1. The summed E-state index contributed by atoms with van der Waals surface area (Å²) >= 11 is 0. The summed E-state index contributed by atoms with van der Waals surface area (Å²) in [7, 11) is 0. The van der Waals surface area contributed by atoms with Crippen LogP contribution >= 0.6 is 0 Å². The Hall–Kier alpha value is -2.49. The van der Waals surface area contributed by atoms with Crippen LogP contribution in [0.1, 0.15) is 52.2 Å². The number of rotatable bonds is 5. The highest BCUT2D eigenvalue weighted by Crippen LogP contribution is 2.41. The third kappa shape index (κ3) is 3.28. The van der Waals surface area contributed by atoms with Crippen LogP contribution in [0.4, 0.5) is 0 Å². The second-order valence-electron chi connectivity index (χ2n) is 7.45. The van der Waals surface area contributed by atoms with Crippen molar-refractivity contribution in [3.63, 3.8) is 0 Å². The molecule has 4 nitrogen and oxygen atoms in total. The third-order valence-corrected chi connectivity index (χ3v) is 4.63. The van der Waals surface area contributed by atoms with Crippen LogP contribution in [0.25, 0.3) is 17.0 Å². The lowest BCUT2D eigenvalue weighted by atomic mass is 9.97. The minimum atomic E-state index is -0.459. The van der Waals surface area contributed by atoms with E-state index in [4.69, 9.17) is 13.9 Å². The summed E-state index contributed by atoms with van der Waals surface area (Å²) < 4.78 is 17.8. The van der Waals surface area contributed by atoms with Crippen molar-refractivity contribution >= 4 is 17.0 Å². The Morgan fingerprint density at radius 3 is 2.73 bits per heavy atom. The summed E-state index contributed by atoms with van der Waals surface area (Å²) in [6.45, 7) is 13.8. The average molecular weight is 354 g/mol. The minimum absolute atomic E-state index is 0.263. The highest BCUT2D eigenvalue weighted by Gasteiger charge is 2.27. The molecule has 0 fully saturated rings. The van der Waals surface area contributed by atoms with Crippen molar-refractivity contribution in [2.75, 3.05) is 0 Å². The first-order valence-corrected chi connectivity index (χ1v) is 9.06. The molecule has 1 aliphatic heterocycles. The van der Waals surface area contributed by atoms with Gasteiger partial charge in [0.2, 0.25) is 5.75 Å². The fourth-order valence-electron chi connectivity index (χ4n) is 3.05. The molecule has 1 aliphatic rings. The van der Waals surface area contributed by atoms with E-state index in [1.807, 2.05) is 45.9 Å². The molecule has 2 aromatic rings. The molecule has 0 saturated heterocycles. The predicted molar refractivity (Wildman–Crippen MR) is 105 cm³/mol. The van der Waals surface area contributed by atoms with Crippen LogP contribution in [0.15, 0.2) is 39.6 Å². The summed E-state index contributed by atoms with van der Waals surface area (Å²) in [5.74, 6) is 1.01. The van der Waals surface area contributed by atoms with E-state index >= 15 is 0 Å². The number of aryl methyl sites for hydroxylation is 1. The second kappa shape index (κ2) is 6.67. The van der Waals surface area contributed by atoms with E-state index in [1.54, 1.807) is 0 Å². The molecule has 1 atom stereocenters. The number of fused-ring (bicyclic) bond motifs is 3. The van der Waals surface area contributed by atoms with Crippen LogP contribution in [0.2, 0.25) is 0 Å². The van der Waals surface area contributed by atoms with Gasteiger partial charge in [-0.15, -0.1) is 0 Å². The lowest BCUT2D eigenvalue weighted by molar-refractivity contribution is 0.161. The van der Waals surface area contributed by atoms with Gasteiger partial charge in [-0.05, 0) is 57.9 Å². The van der Waals surface area contributed by atoms with E-state index in [9.17, 15) is 4.79 Å². The molecule has 0 saturated carbocycles. The minimum Gasteiger partial charge on any atom is -0.482 e. The van der Waals surface area contributed by atoms with Crippen LogP contribution in [0.5, 0.6) is 11.5 Å². The predicted octanol–water partition coefficient (Wildman–Crippen LogP) is 5.27. The lowest BCUT2D eigenvalue weighted by Gasteiger charge is -2.29. The standard InChI is InChI=1S/C22H26O4/c1-7-8-16-18-17(25-21(23)20(16)24-14(4)13(2)3)10-9-15-11-12-22(5,6)26-19(15)18/h9-12,14H,2,7-8H2,1,3-6H3/t14-/m1/s1. The normalized spacial score (nSPS) is 16.0. The first-order valence-electron chi connectivity index (χ1n) is 9.06. The average Bonchev–Trinajstić information content (AvgIpc) is 2.56. The summed E-state index contributed by atoms with van der Waals surface area (Å²) in [6.07, 6.45) is 5.38. The topological polar surface area (TPSA) is 48.7 Å². The van der Waals surface area contributed by atoms with Crippen LogP contribution in [0, 0.1) is 0 Å². The SMILES string of the molecule is C=C(C)[C@@H](C)Oc1c(CCC)c2c3c(ccc2oc1=O)C=CC(C)(C)O3. The molecule has 0 bridgehead atoms. The molecule has 0 N–H and O–H groups in total. The van der Waals surface area contributed by atoms with Crippen molar-refractivity contribution in [1.82, 2.24) is 0 Å². The zero-order valence-electron chi connectivity index (χ0n) is 16.1. The molecule has 0 spiro atoms. The van der Waals surface area contributed by atoms with Crippen molar-refractivity contribution in [3.05, 3.63) is 51.9 Å². The Bertz CT molecular complexity index is 947. The first kappa shape index (κ1) is 18.3. The number of hydrogen-bond donors (Lipinski definition) is 0. The molecular formula is C22H26O4.